The Balaban J connectivity index is 1.22. The number of likely N-dealkylation sites (tertiary alicyclic amines) is 1. The Hall–Kier alpha value is -2.40. The van der Waals surface area contributed by atoms with E-state index in [1.54, 1.807) is 6.20 Å². The fourth-order valence-corrected chi connectivity index (χ4v) is 3.81. The Bertz CT molecular complexity index is 779. The third-order valence-corrected chi connectivity index (χ3v) is 5.81. The van der Waals surface area contributed by atoms with E-state index in [0.29, 0.717) is 6.61 Å². The summed E-state index contributed by atoms with van der Waals surface area (Å²) in [5.41, 5.74) is 3.48. The molecule has 0 radical (unpaired) electrons. The van der Waals surface area contributed by atoms with Crippen molar-refractivity contribution < 1.29 is 9.53 Å². The number of benzene rings is 1. The molecule has 5 heteroatoms. The van der Waals surface area contributed by atoms with Crippen LogP contribution >= 0.6 is 0 Å². The summed E-state index contributed by atoms with van der Waals surface area (Å²) in [5.74, 6) is 0. The van der Waals surface area contributed by atoms with Crippen molar-refractivity contribution in [3.8, 4) is 0 Å². The molecule has 1 saturated carbocycles. The highest BCUT2D eigenvalue weighted by atomic mass is 16.5. The van der Waals surface area contributed by atoms with Crippen molar-refractivity contribution in [3.05, 3.63) is 65.5 Å². The molecule has 0 unspecified atom stereocenters. The average molecular weight is 380 g/mol. The molecule has 148 valence electrons. The van der Waals surface area contributed by atoms with E-state index >= 15 is 0 Å². The molecule has 2 aliphatic rings. The zero-order valence-corrected chi connectivity index (χ0v) is 16.6. The number of nitrogens with zero attached hydrogens (tertiary/aromatic N) is 2. The first-order valence-corrected chi connectivity index (χ1v) is 10.3. The highest BCUT2D eigenvalue weighted by Gasteiger charge is 2.44. The van der Waals surface area contributed by atoms with Crippen molar-refractivity contribution in [3.63, 3.8) is 0 Å². The summed E-state index contributed by atoms with van der Waals surface area (Å²) in [6.07, 6.45) is 6.80. The molecule has 0 atom stereocenters. The van der Waals surface area contributed by atoms with E-state index in [4.69, 9.17) is 4.74 Å². The predicted molar refractivity (Wildman–Crippen MR) is 109 cm³/mol. The molecule has 2 amide bonds. The SMILES string of the molecule is Cc1ccc(CC2(NC(=O)N3CCC(OCc4ccccn4)CC3)CC2)cc1. The first kappa shape index (κ1) is 18.9. The van der Waals surface area contributed by atoms with Crippen LogP contribution in [0.1, 0.15) is 42.5 Å². The first-order chi connectivity index (χ1) is 13.6. The second-order valence-electron chi connectivity index (χ2n) is 8.19. The van der Waals surface area contributed by atoms with Crippen LogP contribution in [-0.2, 0) is 17.8 Å². The maximum absolute atomic E-state index is 12.7. The molecule has 1 aliphatic heterocycles. The summed E-state index contributed by atoms with van der Waals surface area (Å²) in [5, 5.41) is 3.31. The van der Waals surface area contributed by atoms with Crippen molar-refractivity contribution in [2.75, 3.05) is 13.1 Å². The van der Waals surface area contributed by atoms with Crippen LogP contribution in [-0.4, -0.2) is 40.6 Å². The van der Waals surface area contributed by atoms with Crippen LogP contribution in [0.15, 0.2) is 48.7 Å². The molecule has 0 spiro atoms. The number of pyridine rings is 1. The highest BCUT2D eigenvalue weighted by molar-refractivity contribution is 5.75. The number of rotatable bonds is 6. The van der Waals surface area contributed by atoms with Crippen molar-refractivity contribution in [1.82, 2.24) is 15.2 Å². The Morgan fingerprint density at radius 3 is 2.57 bits per heavy atom. The van der Waals surface area contributed by atoms with Crippen LogP contribution in [0.5, 0.6) is 0 Å². The highest BCUT2D eigenvalue weighted by Crippen LogP contribution is 2.39. The number of urea groups is 1. The van der Waals surface area contributed by atoms with Gasteiger partial charge in [0, 0.05) is 24.8 Å². The smallest absolute Gasteiger partial charge is 0.317 e. The van der Waals surface area contributed by atoms with E-state index in [9.17, 15) is 4.79 Å². The molecule has 2 heterocycles. The maximum Gasteiger partial charge on any atom is 0.317 e. The van der Waals surface area contributed by atoms with E-state index in [1.807, 2.05) is 23.1 Å². The summed E-state index contributed by atoms with van der Waals surface area (Å²) < 4.78 is 5.98. The third-order valence-electron chi connectivity index (χ3n) is 5.81. The summed E-state index contributed by atoms with van der Waals surface area (Å²) in [6, 6.07) is 14.6. The van der Waals surface area contributed by atoms with Crippen LogP contribution in [0.2, 0.25) is 0 Å². The zero-order chi connectivity index (χ0) is 19.4. The number of aryl methyl sites for hydroxylation is 1. The quantitative estimate of drug-likeness (QED) is 0.829. The number of ether oxygens (including phenoxy) is 1. The molecule has 4 rings (SSSR count). The van der Waals surface area contributed by atoms with Gasteiger partial charge in [-0.25, -0.2) is 4.79 Å². The molecule has 1 aliphatic carbocycles. The zero-order valence-electron chi connectivity index (χ0n) is 16.6. The molecule has 1 aromatic carbocycles. The number of piperidine rings is 1. The monoisotopic (exact) mass is 379 g/mol. The van der Waals surface area contributed by atoms with Gasteiger partial charge in [0.25, 0.3) is 0 Å². The topological polar surface area (TPSA) is 54.5 Å². The minimum atomic E-state index is -0.0430. The fraction of sp³-hybridized carbons (Fsp3) is 0.478. The van der Waals surface area contributed by atoms with Crippen molar-refractivity contribution in [2.24, 2.45) is 0 Å². The van der Waals surface area contributed by atoms with Crippen LogP contribution < -0.4 is 5.32 Å². The minimum Gasteiger partial charge on any atom is -0.372 e. The number of nitrogens with one attached hydrogen (secondary N) is 1. The molecule has 5 nitrogen and oxygen atoms in total. The third kappa shape index (κ3) is 4.90. The summed E-state index contributed by atoms with van der Waals surface area (Å²) in [7, 11) is 0. The van der Waals surface area contributed by atoms with Gasteiger partial charge in [0.05, 0.1) is 18.4 Å². The molecule has 1 saturated heterocycles. The standard InChI is InChI=1S/C23H29N3O2/c1-18-5-7-19(8-6-18)16-23(11-12-23)25-22(27)26-14-9-21(10-15-26)28-17-20-4-2-3-13-24-20/h2-8,13,21H,9-12,14-17H2,1H3,(H,25,27). The lowest BCUT2D eigenvalue weighted by molar-refractivity contribution is 0.00284. The predicted octanol–water partition coefficient (Wildman–Crippen LogP) is 3.86. The lowest BCUT2D eigenvalue weighted by Gasteiger charge is -2.33. The van der Waals surface area contributed by atoms with Gasteiger partial charge in [0.15, 0.2) is 0 Å². The van der Waals surface area contributed by atoms with Gasteiger partial charge in [0.1, 0.15) is 0 Å². The first-order valence-electron chi connectivity index (χ1n) is 10.3. The minimum absolute atomic E-state index is 0.0430. The normalized spacial score (nSPS) is 18.7. The lowest BCUT2D eigenvalue weighted by atomic mass is 10.0. The summed E-state index contributed by atoms with van der Waals surface area (Å²) >= 11 is 0. The number of hydrogen-bond acceptors (Lipinski definition) is 3. The molecule has 1 aromatic heterocycles. The lowest BCUT2D eigenvalue weighted by Crippen LogP contribution is -2.50. The second kappa shape index (κ2) is 8.31. The van der Waals surface area contributed by atoms with Crippen LogP contribution in [0, 0.1) is 6.92 Å². The van der Waals surface area contributed by atoms with Crippen molar-refractivity contribution in [2.45, 2.75) is 57.3 Å². The van der Waals surface area contributed by atoms with Gasteiger partial charge in [-0.1, -0.05) is 35.9 Å². The van der Waals surface area contributed by atoms with E-state index in [2.05, 4.69) is 41.5 Å². The molecular formula is C23H29N3O2. The largest absolute Gasteiger partial charge is 0.372 e. The van der Waals surface area contributed by atoms with E-state index in [0.717, 1.165) is 50.9 Å². The second-order valence-corrected chi connectivity index (χ2v) is 8.19. The van der Waals surface area contributed by atoms with Crippen molar-refractivity contribution >= 4 is 6.03 Å². The Morgan fingerprint density at radius 2 is 1.93 bits per heavy atom. The van der Waals surface area contributed by atoms with Gasteiger partial charge in [-0.05, 0) is 56.7 Å². The van der Waals surface area contributed by atoms with Crippen LogP contribution in [0.25, 0.3) is 0 Å². The van der Waals surface area contributed by atoms with Crippen molar-refractivity contribution in [1.29, 1.82) is 0 Å². The Kier molecular flexibility index (Phi) is 5.62. The van der Waals surface area contributed by atoms with Gasteiger partial charge in [-0.2, -0.15) is 0 Å². The summed E-state index contributed by atoms with van der Waals surface area (Å²) in [6.45, 7) is 4.14. The molecule has 0 bridgehead atoms. The van der Waals surface area contributed by atoms with Gasteiger partial charge < -0.3 is 15.0 Å². The molecular weight excluding hydrogens is 350 g/mol. The number of hydrogen-bond donors (Lipinski definition) is 1. The summed E-state index contributed by atoms with van der Waals surface area (Å²) in [4.78, 5) is 19.0. The number of carbonyl (C=O) groups is 1. The van der Waals surface area contributed by atoms with Crippen LogP contribution in [0.3, 0.4) is 0 Å². The molecule has 2 fully saturated rings. The number of aromatic nitrogens is 1. The Morgan fingerprint density at radius 1 is 1.18 bits per heavy atom. The maximum atomic E-state index is 12.7. The van der Waals surface area contributed by atoms with E-state index in [-0.39, 0.29) is 17.7 Å². The molecule has 28 heavy (non-hydrogen) atoms. The van der Waals surface area contributed by atoms with Gasteiger partial charge in [-0.15, -0.1) is 0 Å². The van der Waals surface area contributed by atoms with Gasteiger partial charge in [-0.3, -0.25) is 4.98 Å². The fourth-order valence-electron chi connectivity index (χ4n) is 3.81. The average Bonchev–Trinajstić information content (AvgIpc) is 3.48. The molecule has 2 aromatic rings. The Labute approximate surface area is 167 Å². The molecule has 1 N–H and O–H groups in total. The van der Waals surface area contributed by atoms with Gasteiger partial charge >= 0.3 is 6.03 Å². The van der Waals surface area contributed by atoms with Crippen LogP contribution in [0.4, 0.5) is 4.79 Å². The van der Waals surface area contributed by atoms with Gasteiger partial charge in [0.2, 0.25) is 0 Å². The number of carbonyl (C=O) groups excluding carboxylic acids is 1. The number of amides is 2. The van der Waals surface area contributed by atoms with E-state index in [1.165, 1.54) is 11.1 Å². The van der Waals surface area contributed by atoms with E-state index < -0.39 is 0 Å².